The monoisotopic (exact) mass is 245 g/mol. The highest BCUT2D eigenvalue weighted by atomic mass is 19.1. The molecule has 0 fully saturated rings. The van der Waals surface area contributed by atoms with E-state index in [1.165, 1.54) is 18.2 Å². The predicted molar refractivity (Wildman–Crippen MR) is 69.5 cm³/mol. The van der Waals surface area contributed by atoms with Gasteiger partial charge in [0.25, 0.3) is 0 Å². The Morgan fingerprint density at radius 1 is 1.11 bits per heavy atom. The van der Waals surface area contributed by atoms with E-state index in [1.54, 1.807) is 12.1 Å². The zero-order chi connectivity index (χ0) is 13.3. The second kappa shape index (κ2) is 4.89. The minimum absolute atomic E-state index is 0.0573. The Morgan fingerprint density at radius 2 is 1.83 bits per heavy atom. The zero-order valence-corrected chi connectivity index (χ0v) is 10.7. The van der Waals surface area contributed by atoms with Gasteiger partial charge >= 0.3 is 0 Å². The molecular formula is C16H15F2. The first kappa shape index (κ1) is 12.7. The van der Waals surface area contributed by atoms with E-state index < -0.39 is 0 Å². The van der Waals surface area contributed by atoms with Crippen molar-refractivity contribution in [1.29, 1.82) is 0 Å². The van der Waals surface area contributed by atoms with Crippen LogP contribution in [0.5, 0.6) is 0 Å². The van der Waals surface area contributed by atoms with E-state index in [4.69, 9.17) is 0 Å². The molecule has 2 rings (SSSR count). The lowest BCUT2D eigenvalue weighted by atomic mass is 9.90. The van der Waals surface area contributed by atoms with E-state index in [9.17, 15) is 8.78 Å². The lowest BCUT2D eigenvalue weighted by Crippen LogP contribution is -1.98. The van der Waals surface area contributed by atoms with Crippen molar-refractivity contribution in [1.82, 2.24) is 0 Å². The first-order valence-corrected chi connectivity index (χ1v) is 5.97. The molecule has 2 aromatic carbocycles. The smallest absolute Gasteiger partial charge is 0.127 e. The van der Waals surface area contributed by atoms with Crippen LogP contribution in [0.25, 0.3) is 11.1 Å². The Bertz CT molecular complexity index is 571. The van der Waals surface area contributed by atoms with Crippen LogP contribution in [-0.2, 0) is 0 Å². The summed E-state index contributed by atoms with van der Waals surface area (Å²) in [5.74, 6) is -0.455. The molecule has 0 heterocycles. The fraction of sp³-hybridized carbons (Fsp3) is 0.250. The van der Waals surface area contributed by atoms with Crippen LogP contribution in [0.3, 0.4) is 0 Å². The van der Waals surface area contributed by atoms with Crippen molar-refractivity contribution >= 4 is 0 Å². The van der Waals surface area contributed by atoms with Gasteiger partial charge in [-0.15, -0.1) is 0 Å². The highest BCUT2D eigenvalue weighted by Crippen LogP contribution is 2.32. The maximum absolute atomic E-state index is 13.9. The molecule has 0 saturated heterocycles. The molecule has 0 aliphatic heterocycles. The molecule has 0 atom stereocenters. The van der Waals surface area contributed by atoms with Crippen molar-refractivity contribution in [3.63, 3.8) is 0 Å². The van der Waals surface area contributed by atoms with Crippen molar-refractivity contribution in [2.24, 2.45) is 0 Å². The number of halogens is 2. The summed E-state index contributed by atoms with van der Waals surface area (Å²) < 4.78 is 27.0. The van der Waals surface area contributed by atoms with E-state index in [0.29, 0.717) is 5.56 Å². The summed E-state index contributed by atoms with van der Waals surface area (Å²) in [6.45, 7) is 5.70. The largest absolute Gasteiger partial charge is 0.207 e. The van der Waals surface area contributed by atoms with Gasteiger partial charge in [0.15, 0.2) is 0 Å². The molecule has 2 aromatic rings. The maximum atomic E-state index is 13.9. The Kier molecular flexibility index (Phi) is 3.46. The van der Waals surface area contributed by atoms with Crippen molar-refractivity contribution in [3.8, 4) is 11.1 Å². The minimum Gasteiger partial charge on any atom is -0.207 e. The van der Waals surface area contributed by atoms with Gasteiger partial charge in [0.1, 0.15) is 11.6 Å². The summed E-state index contributed by atoms with van der Waals surface area (Å²) >= 11 is 0. The molecule has 0 aromatic heterocycles. The van der Waals surface area contributed by atoms with Gasteiger partial charge in [-0.25, -0.2) is 8.78 Å². The normalized spacial score (nSPS) is 11.0. The van der Waals surface area contributed by atoms with Gasteiger partial charge in [-0.1, -0.05) is 26.0 Å². The Balaban J connectivity index is 2.67. The summed E-state index contributed by atoms with van der Waals surface area (Å²) in [5.41, 5.74) is 2.98. The van der Waals surface area contributed by atoms with Gasteiger partial charge in [-0.2, -0.15) is 0 Å². The van der Waals surface area contributed by atoms with E-state index >= 15 is 0 Å². The first-order valence-electron chi connectivity index (χ1n) is 5.97. The van der Waals surface area contributed by atoms with Gasteiger partial charge in [-0.05, 0) is 59.4 Å². The van der Waals surface area contributed by atoms with Crippen LogP contribution < -0.4 is 0 Å². The van der Waals surface area contributed by atoms with E-state index in [2.05, 4.69) is 6.07 Å². The third-order valence-corrected chi connectivity index (χ3v) is 3.02. The molecule has 0 N–H and O–H groups in total. The third-order valence-electron chi connectivity index (χ3n) is 3.02. The summed E-state index contributed by atoms with van der Waals surface area (Å²) in [4.78, 5) is 0. The molecule has 0 aliphatic carbocycles. The third kappa shape index (κ3) is 2.28. The molecule has 93 valence electrons. The summed E-state index contributed by atoms with van der Waals surface area (Å²) in [5, 5.41) is 0. The van der Waals surface area contributed by atoms with Gasteiger partial charge < -0.3 is 0 Å². The van der Waals surface area contributed by atoms with Crippen molar-refractivity contribution in [2.75, 3.05) is 0 Å². The maximum Gasteiger partial charge on any atom is 0.127 e. The number of hydrogen-bond acceptors (Lipinski definition) is 0. The molecule has 0 bridgehead atoms. The fourth-order valence-corrected chi connectivity index (χ4v) is 2.18. The lowest BCUT2D eigenvalue weighted by Gasteiger charge is -2.15. The van der Waals surface area contributed by atoms with Gasteiger partial charge in [0, 0.05) is 0 Å². The Hall–Kier alpha value is -1.70. The summed E-state index contributed by atoms with van der Waals surface area (Å²) in [6, 6.07) is 10.6. The topological polar surface area (TPSA) is 0 Å². The average Bonchev–Trinajstić information content (AvgIpc) is 2.28. The molecule has 0 amide bonds. The number of rotatable bonds is 2. The number of hydrogen-bond donors (Lipinski definition) is 0. The van der Waals surface area contributed by atoms with Gasteiger partial charge in [0.2, 0.25) is 0 Å². The van der Waals surface area contributed by atoms with Crippen molar-refractivity contribution in [3.05, 3.63) is 59.2 Å². The van der Waals surface area contributed by atoms with E-state index in [-0.39, 0.29) is 17.6 Å². The predicted octanol–water partition coefficient (Wildman–Crippen LogP) is 4.86. The fourth-order valence-electron chi connectivity index (χ4n) is 2.18. The number of aryl methyl sites for hydroxylation is 1. The second-order valence-electron chi connectivity index (χ2n) is 4.73. The molecule has 0 spiro atoms. The van der Waals surface area contributed by atoms with Gasteiger partial charge in [0.05, 0.1) is 0 Å². The molecular weight excluding hydrogens is 230 g/mol. The first-order chi connectivity index (χ1) is 8.50. The molecule has 0 unspecified atom stereocenters. The van der Waals surface area contributed by atoms with Crippen LogP contribution in [-0.4, -0.2) is 0 Å². The molecule has 0 saturated carbocycles. The summed E-state index contributed by atoms with van der Waals surface area (Å²) in [6.07, 6.45) is 0. The second-order valence-corrected chi connectivity index (χ2v) is 4.73. The van der Waals surface area contributed by atoms with Crippen LogP contribution in [0, 0.1) is 24.6 Å². The summed E-state index contributed by atoms with van der Waals surface area (Å²) in [7, 11) is 0. The quantitative estimate of drug-likeness (QED) is 0.708. The molecule has 1 radical (unpaired) electrons. The standard InChI is InChI=1S/C16H15F2/c1-10(2)16-14(5-4-6-15(16)18)13-8-7-12(17)9-11(13)3/h4,6-10H,1-3H3. The van der Waals surface area contributed by atoms with Crippen LogP contribution in [0.15, 0.2) is 30.3 Å². The molecule has 0 nitrogen and oxygen atoms in total. The van der Waals surface area contributed by atoms with Crippen LogP contribution >= 0.6 is 0 Å². The van der Waals surface area contributed by atoms with Crippen molar-refractivity contribution < 1.29 is 8.78 Å². The highest BCUT2D eigenvalue weighted by molar-refractivity contribution is 5.70. The van der Waals surface area contributed by atoms with Crippen LogP contribution in [0.1, 0.15) is 30.9 Å². The lowest BCUT2D eigenvalue weighted by molar-refractivity contribution is 0.599. The number of benzene rings is 2. The van der Waals surface area contributed by atoms with Crippen LogP contribution in [0.2, 0.25) is 0 Å². The zero-order valence-electron chi connectivity index (χ0n) is 10.7. The van der Waals surface area contributed by atoms with Gasteiger partial charge in [-0.3, -0.25) is 0 Å². The van der Waals surface area contributed by atoms with E-state index in [0.717, 1.165) is 16.7 Å². The molecule has 0 aliphatic rings. The highest BCUT2D eigenvalue weighted by Gasteiger charge is 2.15. The van der Waals surface area contributed by atoms with Crippen LogP contribution in [0.4, 0.5) is 8.78 Å². The molecule has 18 heavy (non-hydrogen) atoms. The minimum atomic E-state index is -0.279. The van der Waals surface area contributed by atoms with E-state index in [1.807, 2.05) is 20.8 Å². The van der Waals surface area contributed by atoms with Crippen molar-refractivity contribution in [2.45, 2.75) is 26.7 Å². The average molecular weight is 245 g/mol. The Morgan fingerprint density at radius 3 is 2.44 bits per heavy atom. The Labute approximate surface area is 106 Å². The molecule has 2 heteroatoms. The SMILES string of the molecule is Cc1cc(F)ccc1-c1[c]ccc(F)c1C(C)C.